The molecule has 5 nitrogen and oxygen atoms in total. The topological polar surface area (TPSA) is 70.0 Å². The van der Waals surface area contributed by atoms with Crippen LogP contribution in [0.2, 0.25) is 0 Å². The number of aliphatic carboxylic acids is 1. The number of hydrogen-bond acceptors (Lipinski definition) is 4. The standard InChI is InChI=1S/C14H19NO4/c1-9(14(17)18)11-7-15(8-11)6-10-4-3-5-12(19-2)13(10)16/h3-5,9,11,16H,6-8H2,1-2H3,(H,17,18). The van der Waals surface area contributed by atoms with Gasteiger partial charge in [0.1, 0.15) is 0 Å². The molecule has 1 aromatic rings. The molecule has 0 amide bonds. The monoisotopic (exact) mass is 265 g/mol. The van der Waals surface area contributed by atoms with Crippen molar-refractivity contribution in [3.05, 3.63) is 23.8 Å². The van der Waals surface area contributed by atoms with Gasteiger partial charge in [0.25, 0.3) is 0 Å². The van der Waals surface area contributed by atoms with Gasteiger partial charge in [-0.1, -0.05) is 19.1 Å². The molecule has 1 aliphatic rings. The molecule has 0 aromatic heterocycles. The van der Waals surface area contributed by atoms with E-state index in [1.807, 2.05) is 12.1 Å². The lowest BCUT2D eigenvalue weighted by atomic mass is 9.87. The Morgan fingerprint density at radius 1 is 1.53 bits per heavy atom. The Kier molecular flexibility index (Phi) is 3.95. The fraction of sp³-hybridized carbons (Fsp3) is 0.500. The van der Waals surface area contributed by atoms with Crippen LogP contribution in [0.1, 0.15) is 12.5 Å². The summed E-state index contributed by atoms with van der Waals surface area (Å²) in [5.74, 6) is -0.220. The van der Waals surface area contributed by atoms with Crippen molar-refractivity contribution in [1.82, 2.24) is 4.90 Å². The zero-order chi connectivity index (χ0) is 14.0. The number of phenols is 1. The zero-order valence-electron chi connectivity index (χ0n) is 11.2. The first kappa shape index (κ1) is 13.7. The fourth-order valence-electron chi connectivity index (χ4n) is 2.36. The fourth-order valence-corrected chi connectivity index (χ4v) is 2.36. The molecular weight excluding hydrogens is 246 g/mol. The third kappa shape index (κ3) is 2.81. The van der Waals surface area contributed by atoms with E-state index in [9.17, 15) is 9.90 Å². The Morgan fingerprint density at radius 2 is 2.21 bits per heavy atom. The lowest BCUT2D eigenvalue weighted by Gasteiger charge is -2.41. The first-order chi connectivity index (χ1) is 9.02. The van der Waals surface area contributed by atoms with Gasteiger partial charge >= 0.3 is 5.97 Å². The van der Waals surface area contributed by atoms with Crippen LogP contribution in [0.5, 0.6) is 11.5 Å². The Hall–Kier alpha value is -1.75. The maximum atomic E-state index is 10.9. The van der Waals surface area contributed by atoms with Crippen LogP contribution in [-0.2, 0) is 11.3 Å². The Morgan fingerprint density at radius 3 is 2.79 bits per heavy atom. The van der Waals surface area contributed by atoms with Crippen LogP contribution >= 0.6 is 0 Å². The number of benzene rings is 1. The highest BCUT2D eigenvalue weighted by Gasteiger charge is 2.34. The summed E-state index contributed by atoms with van der Waals surface area (Å²) in [6.07, 6.45) is 0. The van der Waals surface area contributed by atoms with Gasteiger partial charge < -0.3 is 14.9 Å². The molecule has 2 N–H and O–H groups in total. The molecule has 0 bridgehead atoms. The smallest absolute Gasteiger partial charge is 0.306 e. The quantitative estimate of drug-likeness (QED) is 0.845. The molecule has 1 aliphatic heterocycles. The Labute approximate surface area is 112 Å². The lowest BCUT2D eigenvalue weighted by molar-refractivity contribution is -0.145. The molecule has 0 spiro atoms. The minimum atomic E-state index is -0.742. The second kappa shape index (κ2) is 5.48. The number of rotatable bonds is 5. The van der Waals surface area contributed by atoms with Crippen molar-refractivity contribution in [2.75, 3.05) is 20.2 Å². The summed E-state index contributed by atoms with van der Waals surface area (Å²) in [4.78, 5) is 13.0. The molecule has 1 aromatic carbocycles. The van der Waals surface area contributed by atoms with E-state index in [0.717, 1.165) is 18.7 Å². The second-order valence-corrected chi connectivity index (χ2v) is 5.05. The molecule has 0 saturated carbocycles. The number of carboxylic acid groups (broad SMARTS) is 1. The normalized spacial score (nSPS) is 17.8. The molecule has 19 heavy (non-hydrogen) atoms. The highest BCUT2D eigenvalue weighted by molar-refractivity contribution is 5.70. The summed E-state index contributed by atoms with van der Waals surface area (Å²) in [5.41, 5.74) is 0.806. The van der Waals surface area contributed by atoms with E-state index in [-0.39, 0.29) is 17.6 Å². The number of methoxy groups -OCH3 is 1. The first-order valence-electron chi connectivity index (χ1n) is 6.33. The average Bonchev–Trinajstić information content (AvgIpc) is 2.34. The third-order valence-electron chi connectivity index (χ3n) is 3.78. The van der Waals surface area contributed by atoms with E-state index in [1.165, 1.54) is 7.11 Å². The van der Waals surface area contributed by atoms with Gasteiger partial charge in [0.15, 0.2) is 11.5 Å². The number of hydrogen-bond donors (Lipinski definition) is 2. The molecule has 1 saturated heterocycles. The average molecular weight is 265 g/mol. The predicted molar refractivity (Wildman–Crippen MR) is 70.2 cm³/mol. The molecule has 1 atom stereocenters. The number of likely N-dealkylation sites (tertiary alicyclic amines) is 1. The van der Waals surface area contributed by atoms with Gasteiger partial charge in [-0.25, -0.2) is 0 Å². The van der Waals surface area contributed by atoms with Gasteiger partial charge in [0.2, 0.25) is 0 Å². The van der Waals surface area contributed by atoms with E-state index >= 15 is 0 Å². The van der Waals surface area contributed by atoms with Crippen molar-refractivity contribution in [1.29, 1.82) is 0 Å². The number of phenolic OH excluding ortho intramolecular Hbond substituents is 1. The molecule has 2 rings (SSSR count). The summed E-state index contributed by atoms with van der Waals surface area (Å²) in [6.45, 7) is 3.87. The molecule has 1 fully saturated rings. The van der Waals surface area contributed by atoms with Gasteiger partial charge in [-0.2, -0.15) is 0 Å². The van der Waals surface area contributed by atoms with Crippen LogP contribution in [0.15, 0.2) is 18.2 Å². The van der Waals surface area contributed by atoms with E-state index in [1.54, 1.807) is 13.0 Å². The minimum absolute atomic E-state index is 0.166. The van der Waals surface area contributed by atoms with Crippen LogP contribution in [0.4, 0.5) is 0 Å². The van der Waals surface area contributed by atoms with Crippen LogP contribution in [0.3, 0.4) is 0 Å². The van der Waals surface area contributed by atoms with Crippen molar-refractivity contribution < 1.29 is 19.7 Å². The zero-order valence-corrected chi connectivity index (χ0v) is 11.2. The van der Waals surface area contributed by atoms with Crippen molar-refractivity contribution in [3.8, 4) is 11.5 Å². The Bertz CT molecular complexity index is 469. The number of ether oxygens (including phenoxy) is 1. The van der Waals surface area contributed by atoms with Gasteiger partial charge in [0.05, 0.1) is 13.0 Å². The van der Waals surface area contributed by atoms with E-state index in [2.05, 4.69) is 4.90 Å². The van der Waals surface area contributed by atoms with E-state index in [0.29, 0.717) is 12.3 Å². The molecule has 0 radical (unpaired) electrons. The number of carbonyl (C=O) groups is 1. The Balaban J connectivity index is 1.93. The summed E-state index contributed by atoms with van der Waals surface area (Å²) >= 11 is 0. The summed E-state index contributed by atoms with van der Waals surface area (Å²) < 4.78 is 5.06. The molecule has 104 valence electrons. The van der Waals surface area contributed by atoms with Gasteiger partial charge in [0, 0.05) is 25.2 Å². The van der Waals surface area contributed by atoms with Crippen LogP contribution in [0, 0.1) is 11.8 Å². The van der Waals surface area contributed by atoms with Crippen molar-refractivity contribution >= 4 is 5.97 Å². The summed E-state index contributed by atoms with van der Waals surface area (Å²) in [6, 6.07) is 5.40. The molecular formula is C14H19NO4. The van der Waals surface area contributed by atoms with Crippen LogP contribution in [-0.4, -0.2) is 41.3 Å². The number of nitrogens with zero attached hydrogens (tertiary/aromatic N) is 1. The number of aromatic hydroxyl groups is 1. The van der Waals surface area contributed by atoms with Crippen molar-refractivity contribution in [2.24, 2.45) is 11.8 Å². The van der Waals surface area contributed by atoms with E-state index in [4.69, 9.17) is 9.84 Å². The lowest BCUT2D eigenvalue weighted by Crippen LogP contribution is -2.50. The van der Waals surface area contributed by atoms with E-state index < -0.39 is 5.97 Å². The highest BCUT2D eigenvalue weighted by atomic mass is 16.5. The highest BCUT2D eigenvalue weighted by Crippen LogP contribution is 2.32. The number of para-hydroxylation sites is 1. The largest absolute Gasteiger partial charge is 0.504 e. The summed E-state index contributed by atoms with van der Waals surface area (Å²) in [5, 5.41) is 18.9. The van der Waals surface area contributed by atoms with Crippen LogP contribution < -0.4 is 4.74 Å². The maximum Gasteiger partial charge on any atom is 0.306 e. The maximum absolute atomic E-state index is 10.9. The molecule has 0 aliphatic carbocycles. The SMILES string of the molecule is COc1cccc(CN2CC(C(C)C(=O)O)C2)c1O. The first-order valence-corrected chi connectivity index (χ1v) is 6.33. The third-order valence-corrected chi connectivity index (χ3v) is 3.78. The molecule has 1 unspecified atom stereocenters. The second-order valence-electron chi connectivity index (χ2n) is 5.05. The van der Waals surface area contributed by atoms with Crippen molar-refractivity contribution in [3.63, 3.8) is 0 Å². The van der Waals surface area contributed by atoms with Crippen molar-refractivity contribution in [2.45, 2.75) is 13.5 Å². The van der Waals surface area contributed by atoms with Gasteiger partial charge in [-0.15, -0.1) is 0 Å². The summed E-state index contributed by atoms with van der Waals surface area (Å²) in [7, 11) is 1.52. The number of carboxylic acids is 1. The minimum Gasteiger partial charge on any atom is -0.504 e. The molecule has 5 heteroatoms. The van der Waals surface area contributed by atoms with Gasteiger partial charge in [-0.05, 0) is 12.0 Å². The van der Waals surface area contributed by atoms with Crippen LogP contribution in [0.25, 0.3) is 0 Å². The molecule has 1 heterocycles. The van der Waals surface area contributed by atoms with Gasteiger partial charge in [-0.3, -0.25) is 9.69 Å². The predicted octanol–water partition coefficient (Wildman–Crippen LogP) is 1.55.